The Morgan fingerprint density at radius 1 is 1.30 bits per heavy atom. The van der Waals surface area contributed by atoms with Gasteiger partial charge in [-0.15, -0.1) is 12.4 Å². The number of nitrogens with one attached hydrogen (secondary N) is 2. The molecule has 0 radical (unpaired) electrons. The predicted octanol–water partition coefficient (Wildman–Crippen LogP) is 2.79. The second kappa shape index (κ2) is 7.40. The predicted molar refractivity (Wildman–Crippen MR) is 74.6 cm³/mol. The van der Waals surface area contributed by atoms with Gasteiger partial charge in [-0.05, 0) is 44.0 Å². The van der Waals surface area contributed by atoms with Crippen molar-refractivity contribution in [3.63, 3.8) is 0 Å². The Balaban J connectivity index is 0.00000200. The van der Waals surface area contributed by atoms with Gasteiger partial charge in [0.25, 0.3) is 0 Å². The van der Waals surface area contributed by atoms with Crippen LogP contribution < -0.4 is 15.4 Å². The Morgan fingerprint density at radius 2 is 1.90 bits per heavy atom. The van der Waals surface area contributed by atoms with E-state index in [4.69, 9.17) is 0 Å². The number of rotatable bonds is 6. The molecule has 0 bridgehead atoms. The van der Waals surface area contributed by atoms with Crippen LogP contribution >= 0.6 is 12.4 Å². The minimum Gasteiger partial charge on any atom is -0.435 e. The van der Waals surface area contributed by atoms with E-state index in [-0.39, 0.29) is 30.1 Å². The first-order valence-electron chi connectivity index (χ1n) is 6.16. The molecule has 0 aromatic heterocycles. The topological polar surface area (TPSA) is 50.4 Å². The van der Waals surface area contributed by atoms with E-state index in [2.05, 4.69) is 15.4 Å². The molecular weight excluding hydrogens is 290 g/mol. The van der Waals surface area contributed by atoms with Crippen molar-refractivity contribution in [3.05, 3.63) is 24.3 Å². The monoisotopic (exact) mass is 306 g/mol. The first-order chi connectivity index (χ1) is 9.04. The van der Waals surface area contributed by atoms with Gasteiger partial charge in [0.2, 0.25) is 5.91 Å². The second-order valence-electron chi connectivity index (χ2n) is 4.55. The number of carbonyl (C=O) groups is 1. The molecule has 4 nitrogen and oxygen atoms in total. The molecule has 1 atom stereocenters. The third-order valence-corrected chi connectivity index (χ3v) is 2.80. The summed E-state index contributed by atoms with van der Waals surface area (Å²) in [6.45, 7) is -1.05. The van der Waals surface area contributed by atoms with Gasteiger partial charge in [0.15, 0.2) is 0 Å². The van der Waals surface area contributed by atoms with Crippen molar-refractivity contribution in [1.29, 1.82) is 0 Å². The summed E-state index contributed by atoms with van der Waals surface area (Å²) in [5.74, 6) is -0.0772. The fraction of sp³-hybridized carbons (Fsp3) is 0.462. The van der Waals surface area contributed by atoms with Gasteiger partial charge in [-0.1, -0.05) is 0 Å². The summed E-state index contributed by atoms with van der Waals surface area (Å²) in [4.78, 5) is 11.8. The number of alkyl halides is 2. The number of ether oxygens (including phenoxy) is 1. The van der Waals surface area contributed by atoms with Crippen LogP contribution in [0.4, 0.5) is 14.5 Å². The fourth-order valence-corrected chi connectivity index (χ4v) is 1.65. The van der Waals surface area contributed by atoms with E-state index in [0.717, 1.165) is 12.8 Å². The quantitative estimate of drug-likeness (QED) is 0.849. The number of halogens is 3. The molecule has 0 heterocycles. The van der Waals surface area contributed by atoms with Gasteiger partial charge >= 0.3 is 6.61 Å². The highest BCUT2D eigenvalue weighted by atomic mass is 35.5. The van der Waals surface area contributed by atoms with Crippen molar-refractivity contribution in [3.8, 4) is 5.75 Å². The normalized spacial score (nSPS) is 15.4. The fourth-order valence-electron chi connectivity index (χ4n) is 1.65. The largest absolute Gasteiger partial charge is 0.435 e. The van der Waals surface area contributed by atoms with E-state index in [1.54, 1.807) is 6.92 Å². The minimum atomic E-state index is -2.84. The lowest BCUT2D eigenvalue weighted by Crippen LogP contribution is -2.39. The molecular formula is C13H17ClF2N2O2. The number of anilines is 1. The zero-order valence-corrected chi connectivity index (χ0v) is 11.8. The van der Waals surface area contributed by atoms with Crippen LogP contribution in [0.15, 0.2) is 24.3 Å². The van der Waals surface area contributed by atoms with Crippen LogP contribution in [0.3, 0.4) is 0 Å². The van der Waals surface area contributed by atoms with Gasteiger partial charge in [0, 0.05) is 11.7 Å². The molecule has 1 amide bonds. The Labute approximate surface area is 122 Å². The molecule has 1 unspecified atom stereocenters. The maximum Gasteiger partial charge on any atom is 0.387 e. The maximum atomic E-state index is 12.0. The number of hydrogen-bond acceptors (Lipinski definition) is 3. The molecule has 7 heteroatoms. The van der Waals surface area contributed by atoms with Crippen LogP contribution in [0.25, 0.3) is 0 Å². The molecule has 0 spiro atoms. The summed E-state index contributed by atoms with van der Waals surface area (Å²) in [7, 11) is 0. The van der Waals surface area contributed by atoms with Gasteiger partial charge in [0.05, 0.1) is 6.04 Å². The van der Waals surface area contributed by atoms with Gasteiger partial charge in [0.1, 0.15) is 5.75 Å². The van der Waals surface area contributed by atoms with Gasteiger partial charge in [-0.3, -0.25) is 4.79 Å². The Kier molecular flexibility index (Phi) is 6.16. The number of benzene rings is 1. The molecule has 1 aliphatic carbocycles. The van der Waals surface area contributed by atoms with Gasteiger partial charge < -0.3 is 15.4 Å². The summed E-state index contributed by atoms with van der Waals surface area (Å²) >= 11 is 0. The average Bonchev–Trinajstić information content (AvgIpc) is 3.14. The van der Waals surface area contributed by atoms with Crippen LogP contribution in [-0.4, -0.2) is 24.6 Å². The maximum absolute atomic E-state index is 12.0. The molecule has 0 saturated heterocycles. The lowest BCUT2D eigenvalue weighted by molar-refractivity contribution is -0.117. The third-order valence-electron chi connectivity index (χ3n) is 2.80. The summed E-state index contributed by atoms with van der Waals surface area (Å²) in [6, 6.07) is 6.01. The van der Waals surface area contributed by atoms with Crippen LogP contribution in [0.1, 0.15) is 19.8 Å². The van der Waals surface area contributed by atoms with Crippen molar-refractivity contribution in [2.45, 2.75) is 38.5 Å². The van der Waals surface area contributed by atoms with Crippen molar-refractivity contribution in [2.24, 2.45) is 0 Å². The highest BCUT2D eigenvalue weighted by Gasteiger charge is 2.25. The summed E-state index contributed by atoms with van der Waals surface area (Å²) in [5.41, 5.74) is 0.552. The molecule has 1 aromatic carbocycles. The van der Waals surface area contributed by atoms with Crippen molar-refractivity contribution < 1.29 is 18.3 Å². The van der Waals surface area contributed by atoms with E-state index >= 15 is 0 Å². The molecule has 2 rings (SSSR count). The van der Waals surface area contributed by atoms with E-state index in [1.165, 1.54) is 24.3 Å². The minimum absolute atomic E-state index is 0. The van der Waals surface area contributed by atoms with Crippen molar-refractivity contribution in [1.82, 2.24) is 5.32 Å². The number of amides is 1. The highest BCUT2D eigenvalue weighted by molar-refractivity contribution is 5.94. The third kappa shape index (κ3) is 5.30. The van der Waals surface area contributed by atoms with Crippen LogP contribution in [0, 0.1) is 0 Å². The van der Waals surface area contributed by atoms with E-state index < -0.39 is 6.61 Å². The smallest absolute Gasteiger partial charge is 0.387 e. The number of carbonyl (C=O) groups excluding carboxylic acids is 1. The zero-order chi connectivity index (χ0) is 13.8. The lowest BCUT2D eigenvalue weighted by Gasteiger charge is -2.13. The van der Waals surface area contributed by atoms with Crippen molar-refractivity contribution in [2.75, 3.05) is 5.32 Å². The second-order valence-corrected chi connectivity index (χ2v) is 4.55. The van der Waals surface area contributed by atoms with Crippen LogP contribution in [0.5, 0.6) is 5.75 Å². The van der Waals surface area contributed by atoms with Crippen LogP contribution in [-0.2, 0) is 4.79 Å². The SMILES string of the molecule is CC(NC1CC1)C(=O)Nc1ccc(OC(F)F)cc1.Cl. The highest BCUT2D eigenvalue weighted by Crippen LogP contribution is 2.20. The average molecular weight is 307 g/mol. The molecule has 2 N–H and O–H groups in total. The van der Waals surface area contributed by atoms with E-state index in [9.17, 15) is 13.6 Å². The summed E-state index contributed by atoms with van der Waals surface area (Å²) in [5, 5.41) is 5.89. The molecule has 20 heavy (non-hydrogen) atoms. The Morgan fingerprint density at radius 3 is 2.40 bits per heavy atom. The molecule has 1 aliphatic rings. The molecule has 1 aromatic rings. The first-order valence-corrected chi connectivity index (χ1v) is 6.16. The zero-order valence-electron chi connectivity index (χ0n) is 10.9. The summed E-state index contributed by atoms with van der Waals surface area (Å²) < 4.78 is 28.2. The summed E-state index contributed by atoms with van der Waals surface area (Å²) in [6.07, 6.45) is 2.22. The number of hydrogen-bond donors (Lipinski definition) is 2. The molecule has 0 aliphatic heterocycles. The van der Waals surface area contributed by atoms with Crippen LogP contribution in [0.2, 0.25) is 0 Å². The molecule has 1 fully saturated rings. The van der Waals surface area contributed by atoms with Crippen molar-refractivity contribution >= 4 is 24.0 Å². The van der Waals surface area contributed by atoms with E-state index in [0.29, 0.717) is 11.7 Å². The Bertz CT molecular complexity index is 439. The standard InChI is InChI=1S/C13H16F2N2O2.ClH/c1-8(16-9-2-3-9)12(18)17-10-4-6-11(7-5-10)19-13(14)15;/h4-9,13,16H,2-3H2,1H3,(H,17,18);1H. The van der Waals surface area contributed by atoms with Gasteiger partial charge in [-0.25, -0.2) is 0 Å². The van der Waals surface area contributed by atoms with Gasteiger partial charge in [-0.2, -0.15) is 8.78 Å². The lowest BCUT2D eigenvalue weighted by atomic mass is 10.2. The Hall–Kier alpha value is -1.40. The molecule has 112 valence electrons. The molecule has 1 saturated carbocycles. The van der Waals surface area contributed by atoms with E-state index in [1.807, 2.05) is 0 Å². The first kappa shape index (κ1) is 16.7.